The molecule has 0 spiro atoms. The summed E-state index contributed by atoms with van der Waals surface area (Å²) in [5, 5.41) is 0. The van der Waals surface area contributed by atoms with Crippen molar-refractivity contribution >= 4 is 0 Å². The van der Waals surface area contributed by atoms with E-state index in [-0.39, 0.29) is 0 Å². The van der Waals surface area contributed by atoms with Gasteiger partial charge in [0.25, 0.3) is 0 Å². The van der Waals surface area contributed by atoms with E-state index in [1.807, 2.05) is 0 Å². The SMILES string of the molecule is c1ccc(CCCC[C](CCc2ccccc2)C(Cc2ccccc2)Cc2ccccc2)cc1. The molecule has 0 atom stereocenters. The van der Waals surface area contributed by atoms with Gasteiger partial charge in [0, 0.05) is 0 Å². The second kappa shape index (κ2) is 13.6. The maximum absolute atomic E-state index is 2.29. The molecule has 0 bridgehead atoms. The van der Waals surface area contributed by atoms with Crippen LogP contribution in [0.5, 0.6) is 0 Å². The van der Waals surface area contributed by atoms with E-state index < -0.39 is 0 Å². The molecule has 4 rings (SSSR count). The summed E-state index contributed by atoms with van der Waals surface area (Å²) in [4.78, 5) is 0. The van der Waals surface area contributed by atoms with Gasteiger partial charge in [-0.3, -0.25) is 0 Å². The van der Waals surface area contributed by atoms with Gasteiger partial charge in [-0.05, 0) is 79.0 Å². The second-order valence-corrected chi connectivity index (χ2v) is 9.41. The molecule has 173 valence electrons. The predicted octanol–water partition coefficient (Wildman–Crippen LogP) is 8.71. The van der Waals surface area contributed by atoms with E-state index in [9.17, 15) is 0 Å². The summed E-state index contributed by atoms with van der Waals surface area (Å²) in [5.41, 5.74) is 5.80. The zero-order chi connectivity index (χ0) is 23.3. The van der Waals surface area contributed by atoms with Crippen molar-refractivity contribution in [3.8, 4) is 0 Å². The van der Waals surface area contributed by atoms with Gasteiger partial charge in [0.1, 0.15) is 0 Å². The van der Waals surface area contributed by atoms with E-state index in [4.69, 9.17) is 0 Å². The van der Waals surface area contributed by atoms with E-state index in [0.29, 0.717) is 5.92 Å². The molecule has 0 heterocycles. The largest absolute Gasteiger partial charge is 0.0622 e. The molecular weight excluding hydrogens is 408 g/mol. The van der Waals surface area contributed by atoms with E-state index in [1.165, 1.54) is 54.4 Å². The quantitative estimate of drug-likeness (QED) is 0.180. The first kappa shape index (κ1) is 24.0. The third kappa shape index (κ3) is 8.03. The lowest BCUT2D eigenvalue weighted by Gasteiger charge is -2.28. The molecule has 34 heavy (non-hydrogen) atoms. The molecule has 0 aromatic heterocycles. The average Bonchev–Trinajstić information content (AvgIpc) is 2.90. The Morgan fingerprint density at radius 1 is 0.412 bits per heavy atom. The van der Waals surface area contributed by atoms with Gasteiger partial charge in [-0.2, -0.15) is 0 Å². The first-order chi connectivity index (χ1) is 16.9. The maximum atomic E-state index is 2.29. The Kier molecular flexibility index (Phi) is 9.57. The van der Waals surface area contributed by atoms with Gasteiger partial charge in [0.15, 0.2) is 0 Å². The molecule has 4 aromatic rings. The third-order valence-electron chi connectivity index (χ3n) is 6.86. The number of aryl methyl sites for hydroxylation is 2. The molecule has 1 radical (unpaired) electrons. The molecule has 0 aliphatic rings. The Bertz CT molecular complexity index is 997. The normalized spacial score (nSPS) is 11.2. The Hall–Kier alpha value is -3.12. The topological polar surface area (TPSA) is 0 Å². The lowest BCUT2D eigenvalue weighted by molar-refractivity contribution is 0.458. The molecule has 0 aliphatic heterocycles. The van der Waals surface area contributed by atoms with Crippen LogP contribution < -0.4 is 0 Å². The van der Waals surface area contributed by atoms with Crippen molar-refractivity contribution in [3.63, 3.8) is 0 Å². The average molecular weight is 446 g/mol. The molecule has 0 N–H and O–H groups in total. The fourth-order valence-electron chi connectivity index (χ4n) is 4.97. The monoisotopic (exact) mass is 445 g/mol. The fourth-order valence-corrected chi connectivity index (χ4v) is 4.97. The number of benzene rings is 4. The minimum Gasteiger partial charge on any atom is -0.0622 e. The zero-order valence-corrected chi connectivity index (χ0v) is 20.3. The summed E-state index contributed by atoms with van der Waals surface area (Å²) in [5.74, 6) is 2.31. The summed E-state index contributed by atoms with van der Waals surface area (Å²) in [6.07, 6.45) is 9.48. The Morgan fingerprint density at radius 3 is 1.29 bits per heavy atom. The molecule has 0 saturated carbocycles. The van der Waals surface area contributed by atoms with E-state index in [1.54, 1.807) is 5.92 Å². The summed E-state index contributed by atoms with van der Waals surface area (Å²) >= 11 is 0. The highest BCUT2D eigenvalue weighted by atomic mass is 14.3. The van der Waals surface area contributed by atoms with Crippen molar-refractivity contribution in [2.45, 2.75) is 51.4 Å². The highest BCUT2D eigenvalue weighted by Crippen LogP contribution is 2.32. The number of unbranched alkanes of at least 4 members (excludes halogenated alkanes) is 1. The molecule has 0 nitrogen and oxygen atoms in total. The summed E-state index contributed by atoms with van der Waals surface area (Å²) in [7, 11) is 0. The molecular formula is C34H37. The molecule has 0 heteroatoms. The van der Waals surface area contributed by atoms with Crippen LogP contribution in [0.1, 0.15) is 47.9 Å². The Morgan fingerprint density at radius 2 is 0.824 bits per heavy atom. The van der Waals surface area contributed by atoms with Crippen LogP contribution in [-0.2, 0) is 25.7 Å². The van der Waals surface area contributed by atoms with Gasteiger partial charge >= 0.3 is 0 Å². The predicted molar refractivity (Wildman–Crippen MR) is 146 cm³/mol. The van der Waals surface area contributed by atoms with E-state index in [0.717, 1.165) is 19.3 Å². The maximum Gasteiger partial charge on any atom is -0.0200 e. The van der Waals surface area contributed by atoms with Crippen LogP contribution in [0.2, 0.25) is 0 Å². The highest BCUT2D eigenvalue weighted by molar-refractivity contribution is 5.23. The van der Waals surface area contributed by atoms with Crippen LogP contribution >= 0.6 is 0 Å². The summed E-state index contributed by atoms with van der Waals surface area (Å²) in [6, 6.07) is 44.1. The van der Waals surface area contributed by atoms with Crippen LogP contribution in [0.15, 0.2) is 121 Å². The number of hydrogen-bond acceptors (Lipinski definition) is 0. The number of rotatable bonds is 13. The first-order valence-corrected chi connectivity index (χ1v) is 12.9. The zero-order valence-electron chi connectivity index (χ0n) is 20.3. The molecule has 0 fully saturated rings. The van der Waals surface area contributed by atoms with Crippen molar-refractivity contribution in [2.75, 3.05) is 0 Å². The lowest BCUT2D eigenvalue weighted by atomic mass is 9.77. The molecule has 0 unspecified atom stereocenters. The highest BCUT2D eigenvalue weighted by Gasteiger charge is 2.23. The third-order valence-corrected chi connectivity index (χ3v) is 6.86. The first-order valence-electron chi connectivity index (χ1n) is 12.9. The van der Waals surface area contributed by atoms with E-state index in [2.05, 4.69) is 121 Å². The molecule has 4 aromatic carbocycles. The smallest absolute Gasteiger partial charge is 0.0200 e. The Labute approximate surface area is 206 Å². The second-order valence-electron chi connectivity index (χ2n) is 9.41. The van der Waals surface area contributed by atoms with Crippen molar-refractivity contribution in [2.24, 2.45) is 5.92 Å². The van der Waals surface area contributed by atoms with E-state index >= 15 is 0 Å². The van der Waals surface area contributed by atoms with Gasteiger partial charge in [-0.25, -0.2) is 0 Å². The van der Waals surface area contributed by atoms with Crippen LogP contribution in [-0.4, -0.2) is 0 Å². The summed E-state index contributed by atoms with van der Waals surface area (Å²) in [6.45, 7) is 0. The van der Waals surface area contributed by atoms with Crippen molar-refractivity contribution in [1.29, 1.82) is 0 Å². The molecule has 0 aliphatic carbocycles. The van der Waals surface area contributed by atoms with Gasteiger partial charge in [-0.1, -0.05) is 128 Å². The van der Waals surface area contributed by atoms with Crippen molar-refractivity contribution < 1.29 is 0 Å². The minimum atomic E-state index is 0.574. The summed E-state index contributed by atoms with van der Waals surface area (Å²) < 4.78 is 0. The van der Waals surface area contributed by atoms with Crippen LogP contribution in [0.4, 0.5) is 0 Å². The van der Waals surface area contributed by atoms with Crippen LogP contribution in [0.3, 0.4) is 0 Å². The van der Waals surface area contributed by atoms with Gasteiger partial charge in [0.05, 0.1) is 0 Å². The lowest BCUT2D eigenvalue weighted by Crippen LogP contribution is -2.19. The van der Waals surface area contributed by atoms with Crippen LogP contribution in [0.25, 0.3) is 0 Å². The van der Waals surface area contributed by atoms with Crippen molar-refractivity contribution in [3.05, 3.63) is 149 Å². The van der Waals surface area contributed by atoms with Crippen molar-refractivity contribution in [1.82, 2.24) is 0 Å². The Balaban J connectivity index is 1.47. The van der Waals surface area contributed by atoms with Gasteiger partial charge in [-0.15, -0.1) is 0 Å². The molecule has 0 saturated heterocycles. The van der Waals surface area contributed by atoms with Gasteiger partial charge in [0.2, 0.25) is 0 Å². The molecule has 0 amide bonds. The van der Waals surface area contributed by atoms with Crippen LogP contribution in [0, 0.1) is 11.8 Å². The number of hydrogen-bond donors (Lipinski definition) is 0. The van der Waals surface area contributed by atoms with Gasteiger partial charge < -0.3 is 0 Å². The standard InChI is InChI=1S/C34H37/c1-5-15-29(16-6-1)19-13-14-24-33(26-25-30-17-7-2-8-18-30)34(27-31-20-9-3-10-21-31)28-32-22-11-4-12-23-32/h1-12,15-18,20-23,34H,13-14,19,24-28H2. The minimum absolute atomic E-state index is 0.574. The fraction of sp³-hybridized carbons (Fsp3) is 0.265.